The summed E-state index contributed by atoms with van der Waals surface area (Å²) in [7, 11) is 0. The first kappa shape index (κ1) is 20.3. The Kier molecular flexibility index (Phi) is 8.81. The summed E-state index contributed by atoms with van der Waals surface area (Å²) in [5.74, 6) is 0. The molecule has 0 aromatic heterocycles. The highest BCUT2D eigenvalue weighted by atomic mass is 19.4. The molecule has 0 unspecified atom stereocenters. The SMILES string of the molecule is CC[NH+](CC)CC.[O-]C(F)=C(C(F)(F)F)C(F)(F)F. The summed E-state index contributed by atoms with van der Waals surface area (Å²) in [6, 6.07) is -3.53. The van der Waals surface area contributed by atoms with Crippen LogP contribution in [0.25, 0.3) is 0 Å². The molecule has 0 aliphatic carbocycles. The Hall–Kier alpha value is -0.990. The smallest absolute Gasteiger partial charge is 0.422 e. The van der Waals surface area contributed by atoms with Gasteiger partial charge in [0.15, 0.2) is 5.57 Å². The largest absolute Gasteiger partial charge is 0.851 e. The highest BCUT2D eigenvalue weighted by molar-refractivity contribution is 5.14. The van der Waals surface area contributed by atoms with Crippen molar-refractivity contribution < 1.29 is 40.7 Å². The van der Waals surface area contributed by atoms with Gasteiger partial charge in [-0.05, 0) is 20.8 Å². The molecule has 19 heavy (non-hydrogen) atoms. The monoisotopic (exact) mass is 299 g/mol. The second-order valence-electron chi connectivity index (χ2n) is 3.45. The Morgan fingerprint density at radius 2 is 1.11 bits per heavy atom. The van der Waals surface area contributed by atoms with E-state index in [1.807, 2.05) is 0 Å². The van der Waals surface area contributed by atoms with Gasteiger partial charge in [-0.2, -0.15) is 26.3 Å². The molecule has 116 valence electrons. The minimum Gasteiger partial charge on any atom is -0.851 e. The first-order valence-corrected chi connectivity index (χ1v) is 5.46. The van der Waals surface area contributed by atoms with Crippen molar-refractivity contribution in [1.82, 2.24) is 0 Å². The van der Waals surface area contributed by atoms with E-state index >= 15 is 0 Å². The second-order valence-corrected chi connectivity index (χ2v) is 3.45. The van der Waals surface area contributed by atoms with Crippen LogP contribution in [0.4, 0.5) is 30.7 Å². The van der Waals surface area contributed by atoms with Crippen LogP contribution in [0.5, 0.6) is 0 Å². The average Bonchev–Trinajstić information content (AvgIpc) is 2.15. The summed E-state index contributed by atoms with van der Waals surface area (Å²) in [6.07, 6.45) is -12.0. The minimum atomic E-state index is -6.01. The van der Waals surface area contributed by atoms with Crippen LogP contribution < -0.4 is 10.0 Å². The van der Waals surface area contributed by atoms with E-state index in [1.165, 1.54) is 19.6 Å². The van der Waals surface area contributed by atoms with Crippen molar-refractivity contribution in [3.05, 3.63) is 11.6 Å². The molecule has 1 N–H and O–H groups in total. The van der Waals surface area contributed by atoms with Crippen molar-refractivity contribution in [1.29, 1.82) is 0 Å². The molecular weight excluding hydrogens is 283 g/mol. The van der Waals surface area contributed by atoms with Gasteiger partial charge in [-0.15, -0.1) is 0 Å². The Labute approximate surface area is 106 Å². The van der Waals surface area contributed by atoms with Gasteiger partial charge in [0.1, 0.15) is 0 Å². The minimum absolute atomic E-state index is 1.27. The predicted octanol–water partition coefficient (Wildman–Crippen LogP) is 1.58. The highest BCUT2D eigenvalue weighted by Crippen LogP contribution is 2.39. The lowest BCUT2D eigenvalue weighted by Gasteiger charge is -2.17. The third-order valence-electron chi connectivity index (χ3n) is 2.26. The highest BCUT2D eigenvalue weighted by Gasteiger charge is 2.51. The number of halogens is 7. The van der Waals surface area contributed by atoms with Gasteiger partial charge < -0.3 is 10.0 Å². The maximum absolute atomic E-state index is 11.2. The fraction of sp³-hybridized carbons (Fsp3) is 0.800. The first-order chi connectivity index (χ1) is 8.41. The topological polar surface area (TPSA) is 27.5 Å². The summed E-state index contributed by atoms with van der Waals surface area (Å²) >= 11 is 0. The molecule has 0 amide bonds. The van der Waals surface area contributed by atoms with Crippen LogP contribution in [0.3, 0.4) is 0 Å². The van der Waals surface area contributed by atoms with E-state index in [1.54, 1.807) is 4.90 Å². The molecule has 0 heterocycles. The van der Waals surface area contributed by atoms with Crippen LogP contribution in [-0.2, 0) is 0 Å². The fourth-order valence-electron chi connectivity index (χ4n) is 1.13. The molecule has 0 spiro atoms. The van der Waals surface area contributed by atoms with Gasteiger partial charge in [0.05, 0.1) is 25.6 Å². The molecule has 0 saturated carbocycles. The van der Waals surface area contributed by atoms with E-state index in [0.717, 1.165) is 0 Å². The molecule has 0 aromatic rings. The van der Waals surface area contributed by atoms with Crippen molar-refractivity contribution in [2.75, 3.05) is 19.6 Å². The van der Waals surface area contributed by atoms with Crippen LogP contribution >= 0.6 is 0 Å². The second kappa shape index (κ2) is 8.23. The van der Waals surface area contributed by atoms with Gasteiger partial charge in [0, 0.05) is 0 Å². The zero-order chi connectivity index (χ0) is 15.9. The molecule has 0 bridgehead atoms. The third kappa shape index (κ3) is 8.68. The molecule has 0 rings (SSSR count). The number of alkyl halides is 6. The van der Waals surface area contributed by atoms with Crippen LogP contribution in [-0.4, -0.2) is 32.0 Å². The van der Waals surface area contributed by atoms with E-state index in [2.05, 4.69) is 20.8 Å². The summed E-state index contributed by atoms with van der Waals surface area (Å²) in [4.78, 5) is 1.68. The molecule has 0 aliphatic rings. The zero-order valence-corrected chi connectivity index (χ0v) is 10.7. The third-order valence-corrected chi connectivity index (χ3v) is 2.26. The van der Waals surface area contributed by atoms with Crippen molar-refractivity contribution in [3.63, 3.8) is 0 Å². The van der Waals surface area contributed by atoms with Gasteiger partial charge in [0.25, 0.3) is 0 Å². The zero-order valence-electron chi connectivity index (χ0n) is 10.7. The molecular formula is C10H16F7NO. The van der Waals surface area contributed by atoms with E-state index in [4.69, 9.17) is 0 Å². The summed E-state index contributed by atoms with van der Waals surface area (Å²) < 4.78 is 78.7. The number of hydrogen-bond acceptors (Lipinski definition) is 1. The Morgan fingerprint density at radius 3 is 1.11 bits per heavy atom. The molecule has 9 heteroatoms. The van der Waals surface area contributed by atoms with Crippen molar-refractivity contribution in [3.8, 4) is 0 Å². The maximum Gasteiger partial charge on any atom is 0.422 e. The fourth-order valence-corrected chi connectivity index (χ4v) is 1.13. The van der Waals surface area contributed by atoms with Crippen molar-refractivity contribution in [2.45, 2.75) is 33.1 Å². The molecule has 0 aliphatic heterocycles. The standard InChI is InChI=1S/C6H15N.C4HF7O/c1-4-7(5-2)6-3;5-2(12)1(3(6,7)8)4(9,10)11/h4-6H2,1-3H3;12H. The molecule has 0 fully saturated rings. The average molecular weight is 299 g/mol. The summed E-state index contributed by atoms with van der Waals surface area (Å²) in [5, 5.41) is 9.29. The molecule has 0 aromatic carbocycles. The van der Waals surface area contributed by atoms with E-state index in [9.17, 15) is 35.8 Å². The molecule has 0 atom stereocenters. The number of allylic oxidation sites excluding steroid dienone is 1. The first-order valence-electron chi connectivity index (χ1n) is 5.46. The van der Waals surface area contributed by atoms with Gasteiger partial charge >= 0.3 is 12.4 Å². The number of rotatable bonds is 3. The van der Waals surface area contributed by atoms with Gasteiger partial charge in [-0.1, -0.05) is 0 Å². The lowest BCUT2D eigenvalue weighted by atomic mass is 10.3. The molecule has 2 nitrogen and oxygen atoms in total. The van der Waals surface area contributed by atoms with E-state index in [0.29, 0.717) is 0 Å². The predicted molar refractivity (Wildman–Crippen MR) is 52.8 cm³/mol. The Morgan fingerprint density at radius 1 is 0.842 bits per heavy atom. The quantitative estimate of drug-likeness (QED) is 0.622. The van der Waals surface area contributed by atoms with E-state index < -0.39 is 23.9 Å². The lowest BCUT2D eigenvalue weighted by molar-refractivity contribution is -0.894. The van der Waals surface area contributed by atoms with Gasteiger partial charge in [-0.25, -0.2) is 4.39 Å². The summed E-state index contributed by atoms with van der Waals surface area (Å²) in [5.41, 5.74) is -3.64. The molecule has 0 saturated heterocycles. The van der Waals surface area contributed by atoms with Crippen LogP contribution in [0, 0.1) is 0 Å². The van der Waals surface area contributed by atoms with Crippen LogP contribution in [0.15, 0.2) is 11.6 Å². The summed E-state index contributed by atoms with van der Waals surface area (Å²) in [6.45, 7) is 10.5. The van der Waals surface area contributed by atoms with Crippen molar-refractivity contribution >= 4 is 0 Å². The normalized spacial score (nSPS) is 11.9. The van der Waals surface area contributed by atoms with Crippen molar-refractivity contribution in [2.24, 2.45) is 0 Å². The van der Waals surface area contributed by atoms with E-state index in [-0.39, 0.29) is 0 Å². The van der Waals surface area contributed by atoms with Gasteiger partial charge in [0.2, 0.25) is 0 Å². The lowest BCUT2D eigenvalue weighted by Crippen LogP contribution is -3.11. The van der Waals surface area contributed by atoms with Gasteiger partial charge in [-0.3, -0.25) is 0 Å². The Bertz CT molecular complexity index is 253. The van der Waals surface area contributed by atoms with Crippen LogP contribution in [0.2, 0.25) is 0 Å². The maximum atomic E-state index is 11.2. The molecule has 0 radical (unpaired) electrons. The van der Waals surface area contributed by atoms with Crippen LogP contribution in [0.1, 0.15) is 20.8 Å². The Balaban J connectivity index is 0. The number of quaternary nitrogens is 1. The number of nitrogens with one attached hydrogen (secondary N) is 1. The number of hydrogen-bond donors (Lipinski definition) is 1.